The van der Waals surface area contributed by atoms with E-state index in [0.29, 0.717) is 0 Å². The number of anilines is 1. The molecule has 1 aliphatic rings. The van der Waals surface area contributed by atoms with Crippen molar-refractivity contribution in [2.45, 2.75) is 19.4 Å². The Labute approximate surface area is 78.8 Å². The average molecular weight is 177 g/mol. The summed E-state index contributed by atoms with van der Waals surface area (Å²) in [4.78, 5) is 2.25. The van der Waals surface area contributed by atoms with E-state index in [0.717, 1.165) is 18.5 Å². The number of fused-ring (bicyclic) bond motifs is 1. The second kappa shape index (κ2) is 3.04. The van der Waals surface area contributed by atoms with Crippen LogP contribution in [0.4, 0.5) is 5.69 Å². The molecule has 2 rings (SSSR count). The summed E-state index contributed by atoms with van der Waals surface area (Å²) >= 11 is 0. The Morgan fingerprint density at radius 3 is 2.92 bits per heavy atom. The number of rotatable bonds is 1. The number of nitrogens with zero attached hydrogens (tertiary/aromatic N) is 1. The predicted molar refractivity (Wildman–Crippen MR) is 54.0 cm³/mol. The maximum atomic E-state index is 9.41. The first kappa shape index (κ1) is 8.57. The van der Waals surface area contributed by atoms with Crippen molar-refractivity contribution in [3.63, 3.8) is 0 Å². The minimum atomic E-state index is -0.351. The van der Waals surface area contributed by atoms with E-state index in [1.807, 2.05) is 6.07 Å². The van der Waals surface area contributed by atoms with Crippen molar-refractivity contribution in [1.82, 2.24) is 0 Å². The zero-order valence-electron chi connectivity index (χ0n) is 8.12. The Balaban J connectivity index is 2.40. The van der Waals surface area contributed by atoms with Crippen molar-refractivity contribution >= 4 is 5.69 Å². The molecule has 0 saturated heterocycles. The molecule has 0 radical (unpaired) electrons. The molecule has 0 fully saturated rings. The van der Waals surface area contributed by atoms with Crippen molar-refractivity contribution < 1.29 is 5.11 Å². The first-order chi connectivity index (χ1) is 6.18. The highest BCUT2D eigenvalue weighted by Crippen LogP contribution is 2.28. The van der Waals surface area contributed by atoms with E-state index in [-0.39, 0.29) is 6.10 Å². The van der Waals surface area contributed by atoms with Gasteiger partial charge in [-0.2, -0.15) is 0 Å². The summed E-state index contributed by atoms with van der Waals surface area (Å²) in [6, 6.07) is 6.22. The summed E-state index contributed by atoms with van der Waals surface area (Å²) < 4.78 is 0. The monoisotopic (exact) mass is 177 g/mol. The first-order valence-corrected chi connectivity index (χ1v) is 4.70. The van der Waals surface area contributed by atoms with Gasteiger partial charge in [-0.15, -0.1) is 0 Å². The number of hydrogen-bond donors (Lipinski definition) is 1. The summed E-state index contributed by atoms with van der Waals surface area (Å²) in [6.45, 7) is 2.90. The van der Waals surface area contributed by atoms with E-state index in [4.69, 9.17) is 0 Å². The Morgan fingerprint density at radius 2 is 2.23 bits per heavy atom. The fraction of sp³-hybridized carbons (Fsp3) is 0.455. The number of hydrogen-bond acceptors (Lipinski definition) is 2. The zero-order chi connectivity index (χ0) is 9.42. The van der Waals surface area contributed by atoms with Crippen LogP contribution in [0.15, 0.2) is 18.2 Å². The molecule has 1 heterocycles. The van der Waals surface area contributed by atoms with E-state index in [2.05, 4.69) is 24.1 Å². The number of benzene rings is 1. The fourth-order valence-corrected chi connectivity index (χ4v) is 1.85. The lowest BCUT2D eigenvalue weighted by atomic mass is 10.1. The molecule has 70 valence electrons. The molecule has 0 spiro atoms. The van der Waals surface area contributed by atoms with Gasteiger partial charge in [-0.3, -0.25) is 0 Å². The van der Waals surface area contributed by atoms with Crippen molar-refractivity contribution in [3.8, 4) is 0 Å². The lowest BCUT2D eigenvalue weighted by Gasteiger charge is -2.12. The van der Waals surface area contributed by atoms with Crippen LogP contribution in [0.2, 0.25) is 0 Å². The molecule has 0 aromatic heterocycles. The standard InChI is InChI=1S/C11H15NO/c1-8(13)9-3-4-11-10(7-9)5-6-12(11)2/h3-4,7-8,13H,5-6H2,1-2H3. The maximum Gasteiger partial charge on any atom is 0.0762 e. The van der Waals surface area contributed by atoms with E-state index in [1.54, 1.807) is 6.92 Å². The van der Waals surface area contributed by atoms with Crippen LogP contribution < -0.4 is 4.90 Å². The van der Waals surface area contributed by atoms with Crippen LogP contribution in [0.5, 0.6) is 0 Å². The van der Waals surface area contributed by atoms with E-state index in [9.17, 15) is 5.11 Å². The van der Waals surface area contributed by atoms with Gasteiger partial charge >= 0.3 is 0 Å². The minimum Gasteiger partial charge on any atom is -0.389 e. The van der Waals surface area contributed by atoms with Crippen molar-refractivity contribution in [1.29, 1.82) is 0 Å². The SMILES string of the molecule is CC(O)c1ccc2c(c1)CCN2C. The van der Waals surface area contributed by atoms with Gasteiger partial charge in [0.05, 0.1) is 6.10 Å². The third kappa shape index (κ3) is 1.42. The van der Waals surface area contributed by atoms with Gasteiger partial charge in [0.25, 0.3) is 0 Å². The summed E-state index contributed by atoms with van der Waals surface area (Å²) in [7, 11) is 2.11. The Bertz CT molecular complexity index is 320. The molecule has 0 saturated carbocycles. The molecule has 1 aliphatic heterocycles. The van der Waals surface area contributed by atoms with Crippen molar-refractivity contribution in [2.24, 2.45) is 0 Å². The minimum absolute atomic E-state index is 0.351. The van der Waals surface area contributed by atoms with E-state index in [1.165, 1.54) is 11.3 Å². The Hall–Kier alpha value is -1.02. The highest BCUT2D eigenvalue weighted by Gasteiger charge is 2.16. The average Bonchev–Trinajstić information content (AvgIpc) is 2.47. The van der Waals surface area contributed by atoms with Gasteiger partial charge in [-0.25, -0.2) is 0 Å². The second-order valence-electron chi connectivity index (χ2n) is 3.74. The lowest BCUT2D eigenvalue weighted by molar-refractivity contribution is 0.199. The second-order valence-corrected chi connectivity index (χ2v) is 3.74. The van der Waals surface area contributed by atoms with Crippen LogP contribution in [0.25, 0.3) is 0 Å². The quantitative estimate of drug-likeness (QED) is 0.706. The fourth-order valence-electron chi connectivity index (χ4n) is 1.85. The molecule has 0 aliphatic carbocycles. The highest BCUT2D eigenvalue weighted by atomic mass is 16.3. The molecule has 2 nitrogen and oxygen atoms in total. The van der Waals surface area contributed by atoms with Gasteiger partial charge in [-0.05, 0) is 30.5 Å². The zero-order valence-corrected chi connectivity index (χ0v) is 8.12. The molecule has 1 unspecified atom stereocenters. The van der Waals surface area contributed by atoms with Gasteiger partial charge in [0.15, 0.2) is 0 Å². The van der Waals surface area contributed by atoms with Gasteiger partial charge in [-0.1, -0.05) is 12.1 Å². The largest absolute Gasteiger partial charge is 0.389 e. The van der Waals surface area contributed by atoms with Gasteiger partial charge in [0.1, 0.15) is 0 Å². The number of aliphatic hydroxyl groups is 1. The highest BCUT2D eigenvalue weighted by molar-refractivity contribution is 5.58. The third-order valence-electron chi connectivity index (χ3n) is 2.71. The molecule has 1 N–H and O–H groups in total. The van der Waals surface area contributed by atoms with Crippen LogP contribution in [-0.4, -0.2) is 18.7 Å². The molecule has 1 aromatic rings. The Kier molecular flexibility index (Phi) is 2.00. The molecule has 1 atom stereocenters. The molecular weight excluding hydrogens is 162 g/mol. The van der Waals surface area contributed by atoms with Crippen molar-refractivity contribution in [3.05, 3.63) is 29.3 Å². The Morgan fingerprint density at radius 1 is 1.46 bits per heavy atom. The molecular formula is C11H15NO. The summed E-state index contributed by atoms with van der Waals surface area (Å²) in [6.07, 6.45) is 0.753. The van der Waals surface area contributed by atoms with Gasteiger partial charge in [0.2, 0.25) is 0 Å². The predicted octanol–water partition coefficient (Wildman–Crippen LogP) is 1.73. The first-order valence-electron chi connectivity index (χ1n) is 4.70. The normalized spacial score (nSPS) is 17.3. The van der Waals surface area contributed by atoms with E-state index < -0.39 is 0 Å². The summed E-state index contributed by atoms with van der Waals surface area (Å²) in [5, 5.41) is 9.41. The molecule has 0 bridgehead atoms. The van der Waals surface area contributed by atoms with Gasteiger partial charge in [0, 0.05) is 19.3 Å². The van der Waals surface area contributed by atoms with Crippen LogP contribution >= 0.6 is 0 Å². The van der Waals surface area contributed by atoms with Crippen LogP contribution in [0.1, 0.15) is 24.2 Å². The van der Waals surface area contributed by atoms with Crippen LogP contribution in [-0.2, 0) is 6.42 Å². The molecule has 2 heteroatoms. The molecule has 1 aromatic carbocycles. The maximum absolute atomic E-state index is 9.41. The lowest BCUT2D eigenvalue weighted by Crippen LogP contribution is -2.12. The topological polar surface area (TPSA) is 23.5 Å². The summed E-state index contributed by atoms with van der Waals surface area (Å²) in [5.41, 5.74) is 3.69. The van der Waals surface area contributed by atoms with Crippen LogP contribution in [0.3, 0.4) is 0 Å². The van der Waals surface area contributed by atoms with Crippen LogP contribution in [0, 0.1) is 0 Å². The van der Waals surface area contributed by atoms with Gasteiger partial charge < -0.3 is 10.0 Å². The van der Waals surface area contributed by atoms with Crippen molar-refractivity contribution in [2.75, 3.05) is 18.5 Å². The smallest absolute Gasteiger partial charge is 0.0762 e. The number of aliphatic hydroxyl groups excluding tert-OH is 1. The third-order valence-corrected chi connectivity index (χ3v) is 2.71. The van der Waals surface area contributed by atoms with E-state index >= 15 is 0 Å². The molecule has 0 amide bonds. The summed E-state index contributed by atoms with van der Waals surface area (Å²) in [5.74, 6) is 0. The molecule has 13 heavy (non-hydrogen) atoms. The number of likely N-dealkylation sites (N-methyl/N-ethyl adjacent to an activating group) is 1.